The van der Waals surface area contributed by atoms with Gasteiger partial charge >= 0.3 is 0 Å². The summed E-state index contributed by atoms with van der Waals surface area (Å²) in [6.07, 6.45) is 3.67. The van der Waals surface area contributed by atoms with Gasteiger partial charge in [-0.05, 0) is 24.7 Å². The van der Waals surface area contributed by atoms with Gasteiger partial charge in [0.05, 0.1) is 6.54 Å². The normalized spacial score (nSPS) is 12.9. The molecule has 0 spiro atoms. The minimum Gasteiger partial charge on any atom is -0.337 e. The van der Waals surface area contributed by atoms with Gasteiger partial charge in [-0.2, -0.15) is 0 Å². The monoisotopic (exact) mass is 262 g/mol. The van der Waals surface area contributed by atoms with Crippen molar-refractivity contribution in [1.29, 1.82) is 0 Å². The molecule has 1 heterocycles. The van der Waals surface area contributed by atoms with Crippen LogP contribution in [0.1, 0.15) is 17.4 Å². The van der Waals surface area contributed by atoms with Crippen LogP contribution in [-0.4, -0.2) is 28.0 Å². The van der Waals surface area contributed by atoms with E-state index in [1.54, 1.807) is 12.3 Å². The molecule has 0 aliphatic carbocycles. The van der Waals surface area contributed by atoms with E-state index in [9.17, 15) is 4.39 Å². The maximum atomic E-state index is 13.3. The largest absolute Gasteiger partial charge is 0.337 e. The third kappa shape index (κ3) is 3.19. The van der Waals surface area contributed by atoms with Crippen molar-refractivity contribution in [3.8, 4) is 0 Å². The summed E-state index contributed by atoms with van der Waals surface area (Å²) in [7, 11) is 3.92. The minimum absolute atomic E-state index is 0.0209. The smallest absolute Gasteiger partial charge is 0.123 e. The number of likely N-dealkylation sites (N-methyl/N-ethyl adjacent to an activating group) is 1. The lowest BCUT2D eigenvalue weighted by atomic mass is 10.1. The first-order valence-electron chi connectivity index (χ1n) is 6.23. The molecule has 0 bridgehead atoms. The topological polar surface area (TPSA) is 47.1 Å². The summed E-state index contributed by atoms with van der Waals surface area (Å²) in [6, 6.07) is 6.56. The van der Waals surface area contributed by atoms with E-state index in [1.165, 1.54) is 12.1 Å². The third-order valence-corrected chi connectivity index (χ3v) is 3.30. The Labute approximate surface area is 112 Å². The first kappa shape index (κ1) is 13.7. The third-order valence-electron chi connectivity index (χ3n) is 3.30. The number of aromatic nitrogens is 2. The Bertz CT molecular complexity index is 538. The van der Waals surface area contributed by atoms with E-state index in [0.717, 1.165) is 11.4 Å². The fourth-order valence-electron chi connectivity index (χ4n) is 2.17. The molecular weight excluding hydrogens is 243 g/mol. The molecule has 19 heavy (non-hydrogen) atoms. The fraction of sp³-hybridized carbons (Fsp3) is 0.357. The molecule has 2 aromatic rings. The van der Waals surface area contributed by atoms with Crippen LogP contribution in [0, 0.1) is 5.82 Å². The minimum atomic E-state index is -0.235. The Kier molecular flexibility index (Phi) is 4.29. The molecule has 2 rings (SSSR count). The van der Waals surface area contributed by atoms with Gasteiger partial charge in [0, 0.05) is 32.0 Å². The molecule has 1 aromatic heterocycles. The second-order valence-corrected chi connectivity index (χ2v) is 4.68. The Hall–Kier alpha value is -1.72. The molecule has 2 N–H and O–H groups in total. The standard InChI is InChI=1S/C14H19FN4/c1-18-7-6-17-14(18)10-19(2)13(9-16)11-4-3-5-12(15)8-11/h3-8,13H,9-10,16H2,1-2H3. The van der Waals surface area contributed by atoms with Crippen molar-refractivity contribution < 1.29 is 4.39 Å². The lowest BCUT2D eigenvalue weighted by Gasteiger charge is -2.27. The predicted octanol–water partition coefficient (Wildman–Crippen LogP) is 1.69. The van der Waals surface area contributed by atoms with Crippen molar-refractivity contribution in [2.24, 2.45) is 12.8 Å². The van der Waals surface area contributed by atoms with Crippen LogP contribution in [0.4, 0.5) is 4.39 Å². The van der Waals surface area contributed by atoms with Gasteiger partial charge < -0.3 is 10.3 Å². The van der Waals surface area contributed by atoms with E-state index < -0.39 is 0 Å². The van der Waals surface area contributed by atoms with E-state index >= 15 is 0 Å². The van der Waals surface area contributed by atoms with Crippen LogP contribution in [0.5, 0.6) is 0 Å². The van der Waals surface area contributed by atoms with Crippen molar-refractivity contribution in [2.45, 2.75) is 12.6 Å². The molecule has 0 aliphatic heterocycles. The van der Waals surface area contributed by atoms with Crippen LogP contribution >= 0.6 is 0 Å². The lowest BCUT2D eigenvalue weighted by molar-refractivity contribution is 0.233. The Balaban J connectivity index is 2.15. The van der Waals surface area contributed by atoms with Crippen molar-refractivity contribution in [3.05, 3.63) is 53.9 Å². The summed E-state index contributed by atoms with van der Waals surface area (Å²) in [5, 5.41) is 0. The number of nitrogens with two attached hydrogens (primary N) is 1. The van der Waals surface area contributed by atoms with Gasteiger partial charge in [-0.25, -0.2) is 9.37 Å². The lowest BCUT2D eigenvalue weighted by Crippen LogP contribution is -2.31. The maximum absolute atomic E-state index is 13.3. The van der Waals surface area contributed by atoms with Crippen LogP contribution < -0.4 is 5.73 Å². The molecule has 0 saturated carbocycles. The van der Waals surface area contributed by atoms with Crippen LogP contribution in [0.2, 0.25) is 0 Å². The highest BCUT2D eigenvalue weighted by Gasteiger charge is 2.17. The molecule has 102 valence electrons. The molecular formula is C14H19FN4. The van der Waals surface area contributed by atoms with E-state index in [4.69, 9.17) is 5.73 Å². The van der Waals surface area contributed by atoms with Crippen LogP contribution in [0.25, 0.3) is 0 Å². The van der Waals surface area contributed by atoms with E-state index in [1.807, 2.05) is 30.9 Å². The van der Waals surface area contributed by atoms with E-state index in [-0.39, 0.29) is 11.9 Å². The number of hydrogen-bond donors (Lipinski definition) is 1. The first-order valence-corrected chi connectivity index (χ1v) is 6.23. The molecule has 1 unspecified atom stereocenters. The van der Waals surface area contributed by atoms with Gasteiger partial charge in [-0.1, -0.05) is 12.1 Å². The van der Waals surface area contributed by atoms with Gasteiger partial charge in [-0.15, -0.1) is 0 Å². The van der Waals surface area contributed by atoms with Gasteiger partial charge in [0.1, 0.15) is 11.6 Å². The molecule has 4 nitrogen and oxygen atoms in total. The van der Waals surface area contributed by atoms with Gasteiger partial charge in [-0.3, -0.25) is 4.90 Å². The van der Waals surface area contributed by atoms with Gasteiger partial charge in [0.2, 0.25) is 0 Å². The summed E-state index contributed by atoms with van der Waals surface area (Å²) >= 11 is 0. The van der Waals surface area contributed by atoms with E-state index in [2.05, 4.69) is 9.88 Å². The zero-order valence-electron chi connectivity index (χ0n) is 11.3. The highest BCUT2D eigenvalue weighted by atomic mass is 19.1. The van der Waals surface area contributed by atoms with Crippen LogP contribution in [-0.2, 0) is 13.6 Å². The quantitative estimate of drug-likeness (QED) is 0.892. The second-order valence-electron chi connectivity index (χ2n) is 4.68. The highest BCUT2D eigenvalue weighted by molar-refractivity contribution is 5.20. The SMILES string of the molecule is CN(Cc1nccn1C)C(CN)c1cccc(F)c1. The van der Waals surface area contributed by atoms with Crippen molar-refractivity contribution in [1.82, 2.24) is 14.5 Å². The molecule has 5 heteroatoms. The van der Waals surface area contributed by atoms with Crippen LogP contribution in [0.15, 0.2) is 36.7 Å². The van der Waals surface area contributed by atoms with E-state index in [0.29, 0.717) is 13.1 Å². The zero-order chi connectivity index (χ0) is 13.8. The number of halogens is 1. The van der Waals surface area contributed by atoms with Crippen LogP contribution in [0.3, 0.4) is 0 Å². The van der Waals surface area contributed by atoms with Gasteiger partial charge in [0.15, 0.2) is 0 Å². The average molecular weight is 262 g/mol. The number of hydrogen-bond acceptors (Lipinski definition) is 3. The number of benzene rings is 1. The predicted molar refractivity (Wildman–Crippen MR) is 72.9 cm³/mol. The number of nitrogens with zero attached hydrogens (tertiary/aromatic N) is 3. The Morgan fingerprint density at radius 3 is 2.84 bits per heavy atom. The first-order chi connectivity index (χ1) is 9.11. The summed E-state index contributed by atoms with van der Waals surface area (Å²) < 4.78 is 15.3. The average Bonchev–Trinajstić information content (AvgIpc) is 2.76. The Morgan fingerprint density at radius 2 is 2.26 bits per heavy atom. The second kappa shape index (κ2) is 5.95. The number of rotatable bonds is 5. The number of aryl methyl sites for hydroxylation is 1. The van der Waals surface area contributed by atoms with Gasteiger partial charge in [0.25, 0.3) is 0 Å². The molecule has 1 atom stereocenters. The summed E-state index contributed by atoms with van der Waals surface area (Å²) in [6.45, 7) is 1.10. The molecule has 0 amide bonds. The maximum Gasteiger partial charge on any atom is 0.123 e. The summed E-state index contributed by atoms with van der Waals surface area (Å²) in [5.74, 6) is 0.721. The zero-order valence-corrected chi connectivity index (χ0v) is 11.3. The molecule has 0 radical (unpaired) electrons. The highest BCUT2D eigenvalue weighted by Crippen LogP contribution is 2.20. The summed E-state index contributed by atoms with van der Waals surface area (Å²) in [4.78, 5) is 6.37. The molecule has 1 aromatic carbocycles. The molecule has 0 aliphatic rings. The van der Waals surface area contributed by atoms with Crippen molar-refractivity contribution >= 4 is 0 Å². The van der Waals surface area contributed by atoms with Crippen molar-refractivity contribution in [2.75, 3.05) is 13.6 Å². The summed E-state index contributed by atoms with van der Waals surface area (Å²) in [5.41, 5.74) is 6.72. The molecule has 0 fully saturated rings. The molecule has 0 saturated heterocycles. The Morgan fingerprint density at radius 1 is 1.47 bits per heavy atom. The fourth-order valence-corrected chi connectivity index (χ4v) is 2.17. The van der Waals surface area contributed by atoms with Crippen molar-refractivity contribution in [3.63, 3.8) is 0 Å². The number of imidazole rings is 1.